The first-order valence-corrected chi connectivity index (χ1v) is 9.72. The molecule has 1 saturated heterocycles. The molecule has 132 valence electrons. The van der Waals surface area contributed by atoms with Crippen molar-refractivity contribution < 1.29 is 9.47 Å². The van der Waals surface area contributed by atoms with Gasteiger partial charge in [0.05, 0.1) is 13.1 Å². The highest BCUT2D eigenvalue weighted by molar-refractivity contribution is 8.00. The van der Waals surface area contributed by atoms with Crippen LogP contribution in [-0.2, 0) is 0 Å². The first-order chi connectivity index (χ1) is 11.7. The highest BCUT2D eigenvalue weighted by atomic mass is 32.2. The highest BCUT2D eigenvalue weighted by Gasteiger charge is 2.29. The van der Waals surface area contributed by atoms with Crippen LogP contribution in [-0.4, -0.2) is 48.8 Å². The molecule has 1 aromatic carbocycles. The third kappa shape index (κ3) is 4.50. The fourth-order valence-electron chi connectivity index (χ4n) is 2.92. The summed E-state index contributed by atoms with van der Waals surface area (Å²) in [6, 6.07) is 7.80. The number of benzene rings is 1. The van der Waals surface area contributed by atoms with E-state index < -0.39 is 0 Å². The molecule has 0 radical (unpaired) electrons. The molecule has 2 aliphatic heterocycles. The molecular weight excluding hydrogens is 322 g/mol. The number of fused-ring (bicyclic) bond motifs is 1. The molecule has 2 atom stereocenters. The van der Waals surface area contributed by atoms with Gasteiger partial charge in [-0.25, -0.2) is 0 Å². The van der Waals surface area contributed by atoms with Gasteiger partial charge in [-0.3, -0.25) is 4.99 Å². The fourth-order valence-corrected chi connectivity index (χ4v) is 4.15. The van der Waals surface area contributed by atoms with Crippen LogP contribution in [0.3, 0.4) is 0 Å². The van der Waals surface area contributed by atoms with E-state index in [9.17, 15) is 0 Å². The summed E-state index contributed by atoms with van der Waals surface area (Å²) in [4.78, 5) is 4.77. The number of hydrogen-bond donors (Lipinski definition) is 2. The lowest BCUT2D eigenvalue weighted by Gasteiger charge is -2.27. The summed E-state index contributed by atoms with van der Waals surface area (Å²) < 4.78 is 12.0. The van der Waals surface area contributed by atoms with Gasteiger partial charge >= 0.3 is 0 Å². The fraction of sp³-hybridized carbons (Fsp3) is 0.611. The second-order valence-corrected chi connectivity index (χ2v) is 8.16. The third-order valence-corrected chi connectivity index (χ3v) is 5.80. The lowest BCUT2D eigenvalue weighted by atomic mass is 10.1. The summed E-state index contributed by atoms with van der Waals surface area (Å²) >= 11 is 2.04. The molecule has 6 heteroatoms. The first kappa shape index (κ1) is 17.3. The predicted molar refractivity (Wildman–Crippen MR) is 100 cm³/mol. The van der Waals surface area contributed by atoms with Crippen molar-refractivity contribution in [1.82, 2.24) is 10.6 Å². The Balaban J connectivity index is 1.53. The molecule has 2 aliphatic rings. The normalized spacial score (nSPS) is 26.2. The number of rotatable bonds is 5. The highest BCUT2D eigenvalue weighted by Crippen LogP contribution is 2.37. The van der Waals surface area contributed by atoms with E-state index >= 15 is 0 Å². The van der Waals surface area contributed by atoms with Crippen molar-refractivity contribution in [2.45, 2.75) is 37.5 Å². The number of guanidine groups is 1. The molecule has 2 N–H and O–H groups in total. The summed E-state index contributed by atoms with van der Waals surface area (Å²) in [7, 11) is 0. The van der Waals surface area contributed by atoms with Crippen LogP contribution in [0.15, 0.2) is 29.3 Å². The predicted octanol–water partition coefficient (Wildman–Crippen LogP) is 2.67. The van der Waals surface area contributed by atoms with Crippen LogP contribution in [0.25, 0.3) is 0 Å². The zero-order chi connectivity index (χ0) is 16.8. The van der Waals surface area contributed by atoms with Crippen molar-refractivity contribution in [3.8, 4) is 11.5 Å². The van der Waals surface area contributed by atoms with Crippen molar-refractivity contribution in [3.05, 3.63) is 24.3 Å². The molecule has 0 aromatic heterocycles. The maximum absolute atomic E-state index is 5.98. The smallest absolute Gasteiger partial charge is 0.191 e. The van der Waals surface area contributed by atoms with Crippen molar-refractivity contribution in [3.63, 3.8) is 0 Å². The third-order valence-electron chi connectivity index (χ3n) is 4.28. The van der Waals surface area contributed by atoms with Gasteiger partial charge in [0.2, 0.25) is 0 Å². The minimum Gasteiger partial charge on any atom is -0.486 e. The second kappa shape index (κ2) is 8.01. The molecule has 0 spiro atoms. The number of thioether (sulfide) groups is 1. The zero-order valence-corrected chi connectivity index (χ0v) is 15.3. The van der Waals surface area contributed by atoms with E-state index in [-0.39, 0.29) is 10.9 Å². The van der Waals surface area contributed by atoms with Crippen LogP contribution in [0.1, 0.15) is 26.7 Å². The number of nitrogens with zero attached hydrogens (tertiary/aromatic N) is 1. The van der Waals surface area contributed by atoms with Crippen LogP contribution in [0.4, 0.5) is 0 Å². The maximum atomic E-state index is 5.98. The van der Waals surface area contributed by atoms with Gasteiger partial charge in [0, 0.05) is 11.3 Å². The van der Waals surface area contributed by atoms with E-state index in [4.69, 9.17) is 14.5 Å². The zero-order valence-electron chi connectivity index (χ0n) is 14.5. The van der Waals surface area contributed by atoms with Crippen molar-refractivity contribution in [2.24, 2.45) is 4.99 Å². The van der Waals surface area contributed by atoms with Gasteiger partial charge in [0.25, 0.3) is 0 Å². The Hall–Kier alpha value is -1.56. The van der Waals surface area contributed by atoms with E-state index in [2.05, 4.69) is 24.5 Å². The minimum atomic E-state index is -0.0137. The lowest BCUT2D eigenvalue weighted by Crippen LogP contribution is -2.45. The molecule has 2 unspecified atom stereocenters. The van der Waals surface area contributed by atoms with E-state index in [0.29, 0.717) is 13.2 Å². The SMILES string of the molecule is CCNC(=NCC1(C)CCCS1)NCC1COc2ccccc2O1. The molecular formula is C18H27N3O2S. The maximum Gasteiger partial charge on any atom is 0.191 e. The Bertz CT molecular complexity index is 573. The average Bonchev–Trinajstić information content (AvgIpc) is 3.04. The molecule has 0 aliphatic carbocycles. The van der Waals surface area contributed by atoms with Crippen LogP contribution >= 0.6 is 11.8 Å². The van der Waals surface area contributed by atoms with Gasteiger partial charge < -0.3 is 20.1 Å². The van der Waals surface area contributed by atoms with Crippen LogP contribution < -0.4 is 20.1 Å². The van der Waals surface area contributed by atoms with Crippen LogP contribution in [0.2, 0.25) is 0 Å². The Labute approximate surface area is 148 Å². The summed E-state index contributed by atoms with van der Waals surface area (Å²) in [5.74, 6) is 3.74. The van der Waals surface area contributed by atoms with Gasteiger partial charge in [-0.1, -0.05) is 12.1 Å². The number of hydrogen-bond acceptors (Lipinski definition) is 4. The van der Waals surface area contributed by atoms with Crippen molar-refractivity contribution in [2.75, 3.05) is 32.0 Å². The monoisotopic (exact) mass is 349 g/mol. The van der Waals surface area contributed by atoms with Crippen LogP contribution in [0.5, 0.6) is 11.5 Å². The van der Waals surface area contributed by atoms with Crippen molar-refractivity contribution >= 4 is 17.7 Å². The molecule has 2 heterocycles. The van der Waals surface area contributed by atoms with E-state index in [1.165, 1.54) is 18.6 Å². The molecule has 0 amide bonds. The number of aliphatic imine (C=N–C) groups is 1. The molecule has 1 fully saturated rings. The Morgan fingerprint density at radius 1 is 1.33 bits per heavy atom. The lowest BCUT2D eigenvalue weighted by molar-refractivity contribution is 0.0936. The Kier molecular flexibility index (Phi) is 5.76. The van der Waals surface area contributed by atoms with Crippen molar-refractivity contribution in [1.29, 1.82) is 0 Å². The minimum absolute atomic E-state index is 0.0137. The molecule has 1 aromatic rings. The molecule has 0 bridgehead atoms. The summed E-state index contributed by atoms with van der Waals surface area (Å²) in [5.41, 5.74) is 0. The Morgan fingerprint density at radius 3 is 2.92 bits per heavy atom. The first-order valence-electron chi connectivity index (χ1n) is 8.73. The quantitative estimate of drug-likeness (QED) is 0.632. The second-order valence-electron chi connectivity index (χ2n) is 6.48. The Morgan fingerprint density at radius 2 is 2.17 bits per heavy atom. The van der Waals surface area contributed by atoms with E-state index in [1.807, 2.05) is 36.0 Å². The van der Waals surface area contributed by atoms with Gasteiger partial charge in [0.15, 0.2) is 17.5 Å². The number of ether oxygens (including phenoxy) is 2. The standard InChI is InChI=1S/C18H27N3O2S/c1-3-19-17(21-13-18(2)9-6-10-24-18)20-11-14-12-22-15-7-4-5-8-16(15)23-14/h4-5,7-8,14H,3,6,9-13H2,1-2H3,(H2,19,20,21). The number of para-hydroxylation sites is 2. The van der Waals surface area contributed by atoms with Gasteiger partial charge in [-0.2, -0.15) is 11.8 Å². The molecule has 0 saturated carbocycles. The van der Waals surface area contributed by atoms with Gasteiger partial charge in [0.1, 0.15) is 12.7 Å². The topological polar surface area (TPSA) is 54.9 Å². The summed E-state index contributed by atoms with van der Waals surface area (Å²) in [6.45, 7) is 7.31. The summed E-state index contributed by atoms with van der Waals surface area (Å²) in [6.07, 6.45) is 2.53. The molecule has 5 nitrogen and oxygen atoms in total. The average molecular weight is 350 g/mol. The number of nitrogens with one attached hydrogen (secondary N) is 2. The van der Waals surface area contributed by atoms with Gasteiger partial charge in [-0.05, 0) is 44.6 Å². The summed E-state index contributed by atoms with van der Waals surface area (Å²) in [5, 5.41) is 6.70. The largest absolute Gasteiger partial charge is 0.486 e. The van der Waals surface area contributed by atoms with E-state index in [0.717, 1.165) is 30.5 Å². The molecule has 3 rings (SSSR count). The van der Waals surface area contributed by atoms with Crippen LogP contribution in [0, 0.1) is 0 Å². The van der Waals surface area contributed by atoms with Gasteiger partial charge in [-0.15, -0.1) is 0 Å². The van der Waals surface area contributed by atoms with E-state index in [1.54, 1.807) is 0 Å². The molecule has 24 heavy (non-hydrogen) atoms.